The molecule has 0 saturated carbocycles. The molecule has 0 spiro atoms. The Labute approximate surface area is 111 Å². The van der Waals surface area contributed by atoms with Gasteiger partial charge < -0.3 is 14.7 Å². The molecule has 0 aliphatic carbocycles. The van der Waals surface area contributed by atoms with Crippen LogP contribution in [0.4, 0.5) is 0 Å². The SMILES string of the molecule is CCOc1ccc(CC(=O)N2CC(C(=O)O)C2)cc1. The number of carboxylic acids is 1. The number of carbonyl (C=O) groups is 2. The zero-order valence-corrected chi connectivity index (χ0v) is 10.8. The van der Waals surface area contributed by atoms with E-state index in [1.165, 1.54) is 0 Å². The molecule has 0 bridgehead atoms. The van der Waals surface area contributed by atoms with Gasteiger partial charge in [0.1, 0.15) is 5.75 Å². The van der Waals surface area contributed by atoms with Crippen molar-refractivity contribution in [3.8, 4) is 5.75 Å². The fraction of sp³-hybridized carbons (Fsp3) is 0.429. The summed E-state index contributed by atoms with van der Waals surface area (Å²) in [6.45, 7) is 3.18. The van der Waals surface area contributed by atoms with Crippen molar-refractivity contribution in [3.05, 3.63) is 29.8 Å². The first-order chi connectivity index (χ1) is 9.10. The first-order valence-electron chi connectivity index (χ1n) is 6.32. The highest BCUT2D eigenvalue weighted by Gasteiger charge is 2.35. The molecule has 2 rings (SSSR count). The molecule has 1 saturated heterocycles. The predicted octanol–water partition coefficient (Wildman–Crippen LogP) is 1.17. The summed E-state index contributed by atoms with van der Waals surface area (Å²) in [5.41, 5.74) is 0.909. The lowest BCUT2D eigenvalue weighted by Gasteiger charge is -2.36. The molecule has 102 valence electrons. The molecule has 5 nitrogen and oxygen atoms in total. The molecule has 0 aromatic heterocycles. The molecule has 1 aromatic rings. The topological polar surface area (TPSA) is 66.8 Å². The van der Waals surface area contributed by atoms with Gasteiger partial charge in [0.2, 0.25) is 5.91 Å². The van der Waals surface area contributed by atoms with Crippen molar-refractivity contribution in [2.45, 2.75) is 13.3 Å². The molecule has 0 atom stereocenters. The lowest BCUT2D eigenvalue weighted by atomic mass is 9.99. The van der Waals surface area contributed by atoms with Crippen LogP contribution in [0, 0.1) is 5.92 Å². The van der Waals surface area contributed by atoms with E-state index in [1.54, 1.807) is 4.90 Å². The van der Waals surface area contributed by atoms with Gasteiger partial charge in [0.25, 0.3) is 0 Å². The van der Waals surface area contributed by atoms with E-state index in [0.29, 0.717) is 26.1 Å². The number of carboxylic acid groups (broad SMARTS) is 1. The largest absolute Gasteiger partial charge is 0.494 e. The number of aliphatic carboxylic acids is 1. The van der Waals surface area contributed by atoms with Crippen LogP contribution in [0.2, 0.25) is 0 Å². The number of hydrogen-bond acceptors (Lipinski definition) is 3. The lowest BCUT2D eigenvalue weighted by Crippen LogP contribution is -2.53. The molecule has 1 amide bonds. The summed E-state index contributed by atoms with van der Waals surface area (Å²) < 4.78 is 5.33. The van der Waals surface area contributed by atoms with Crippen LogP contribution in [0.1, 0.15) is 12.5 Å². The number of benzene rings is 1. The van der Waals surface area contributed by atoms with Crippen molar-refractivity contribution in [1.82, 2.24) is 4.90 Å². The molecule has 1 heterocycles. The summed E-state index contributed by atoms with van der Waals surface area (Å²) in [7, 11) is 0. The van der Waals surface area contributed by atoms with Gasteiger partial charge in [-0.2, -0.15) is 0 Å². The summed E-state index contributed by atoms with van der Waals surface area (Å²) in [5.74, 6) is -0.468. The van der Waals surface area contributed by atoms with E-state index in [-0.39, 0.29) is 5.91 Å². The molecule has 1 fully saturated rings. The number of rotatable bonds is 5. The standard InChI is InChI=1S/C14H17NO4/c1-2-19-12-5-3-10(4-6-12)7-13(16)15-8-11(9-15)14(17)18/h3-6,11H,2,7-9H2,1H3,(H,17,18). The van der Waals surface area contributed by atoms with Crippen molar-refractivity contribution in [1.29, 1.82) is 0 Å². The maximum atomic E-state index is 11.9. The van der Waals surface area contributed by atoms with E-state index in [2.05, 4.69) is 0 Å². The predicted molar refractivity (Wildman–Crippen MR) is 69.0 cm³/mol. The number of amides is 1. The molecule has 19 heavy (non-hydrogen) atoms. The Morgan fingerprint density at radius 3 is 2.47 bits per heavy atom. The molecule has 1 aliphatic rings. The number of carbonyl (C=O) groups excluding carboxylic acids is 1. The highest BCUT2D eigenvalue weighted by atomic mass is 16.5. The molecular weight excluding hydrogens is 246 g/mol. The van der Waals surface area contributed by atoms with Crippen LogP contribution in [0.15, 0.2) is 24.3 Å². The molecule has 0 unspecified atom stereocenters. The lowest BCUT2D eigenvalue weighted by molar-refractivity contribution is -0.152. The zero-order valence-electron chi connectivity index (χ0n) is 10.8. The number of nitrogens with zero attached hydrogens (tertiary/aromatic N) is 1. The van der Waals surface area contributed by atoms with Gasteiger partial charge in [-0.05, 0) is 24.6 Å². The Morgan fingerprint density at radius 1 is 1.32 bits per heavy atom. The van der Waals surface area contributed by atoms with Gasteiger partial charge in [-0.15, -0.1) is 0 Å². The minimum atomic E-state index is -0.829. The second-order valence-corrected chi connectivity index (χ2v) is 4.59. The average molecular weight is 263 g/mol. The van der Waals surface area contributed by atoms with E-state index < -0.39 is 11.9 Å². The fourth-order valence-corrected chi connectivity index (χ4v) is 2.00. The monoisotopic (exact) mass is 263 g/mol. The van der Waals surface area contributed by atoms with Gasteiger partial charge in [-0.1, -0.05) is 12.1 Å². The minimum absolute atomic E-state index is 0.0262. The Morgan fingerprint density at radius 2 is 1.95 bits per heavy atom. The van der Waals surface area contributed by atoms with Crippen LogP contribution in [0.25, 0.3) is 0 Å². The van der Waals surface area contributed by atoms with Gasteiger partial charge in [0, 0.05) is 13.1 Å². The zero-order chi connectivity index (χ0) is 13.8. The van der Waals surface area contributed by atoms with Crippen molar-refractivity contribution in [2.75, 3.05) is 19.7 Å². The van der Waals surface area contributed by atoms with Gasteiger partial charge in [0.15, 0.2) is 0 Å². The summed E-state index contributed by atoms with van der Waals surface area (Å²) >= 11 is 0. The van der Waals surface area contributed by atoms with Crippen LogP contribution in [-0.4, -0.2) is 41.6 Å². The van der Waals surface area contributed by atoms with E-state index in [1.807, 2.05) is 31.2 Å². The molecular formula is C14H17NO4. The molecule has 5 heteroatoms. The Bertz CT molecular complexity index is 463. The first kappa shape index (κ1) is 13.4. The van der Waals surface area contributed by atoms with Gasteiger partial charge in [0.05, 0.1) is 18.9 Å². The quantitative estimate of drug-likeness (QED) is 0.866. The molecule has 1 aliphatic heterocycles. The van der Waals surface area contributed by atoms with Crippen LogP contribution >= 0.6 is 0 Å². The maximum Gasteiger partial charge on any atom is 0.310 e. The summed E-state index contributed by atoms with van der Waals surface area (Å²) in [6, 6.07) is 7.39. The van der Waals surface area contributed by atoms with Crippen LogP contribution in [-0.2, 0) is 16.0 Å². The van der Waals surface area contributed by atoms with Gasteiger partial charge >= 0.3 is 5.97 Å². The minimum Gasteiger partial charge on any atom is -0.494 e. The average Bonchev–Trinajstić information content (AvgIpc) is 2.29. The number of hydrogen-bond donors (Lipinski definition) is 1. The highest BCUT2D eigenvalue weighted by Crippen LogP contribution is 2.18. The molecule has 1 N–H and O–H groups in total. The smallest absolute Gasteiger partial charge is 0.310 e. The third kappa shape index (κ3) is 3.24. The van der Waals surface area contributed by atoms with Gasteiger partial charge in [-0.25, -0.2) is 0 Å². The van der Waals surface area contributed by atoms with Crippen molar-refractivity contribution in [3.63, 3.8) is 0 Å². The third-order valence-corrected chi connectivity index (χ3v) is 3.17. The molecule has 0 radical (unpaired) electrons. The highest BCUT2D eigenvalue weighted by molar-refractivity contribution is 5.82. The van der Waals surface area contributed by atoms with Crippen LogP contribution in [0.5, 0.6) is 5.75 Å². The van der Waals surface area contributed by atoms with E-state index in [9.17, 15) is 9.59 Å². The van der Waals surface area contributed by atoms with Gasteiger partial charge in [-0.3, -0.25) is 9.59 Å². The Hall–Kier alpha value is -2.04. The second-order valence-electron chi connectivity index (χ2n) is 4.59. The van der Waals surface area contributed by atoms with Crippen LogP contribution < -0.4 is 4.74 Å². The molecule has 1 aromatic carbocycles. The number of likely N-dealkylation sites (tertiary alicyclic amines) is 1. The number of ether oxygens (including phenoxy) is 1. The van der Waals surface area contributed by atoms with E-state index in [0.717, 1.165) is 11.3 Å². The summed E-state index contributed by atoms with van der Waals surface area (Å²) in [4.78, 5) is 24.1. The van der Waals surface area contributed by atoms with Crippen molar-refractivity contribution < 1.29 is 19.4 Å². The maximum absolute atomic E-state index is 11.9. The Balaban J connectivity index is 1.84. The van der Waals surface area contributed by atoms with Crippen molar-refractivity contribution in [2.24, 2.45) is 5.92 Å². The fourth-order valence-electron chi connectivity index (χ4n) is 2.00. The summed E-state index contributed by atoms with van der Waals surface area (Å²) in [6.07, 6.45) is 0.304. The first-order valence-corrected chi connectivity index (χ1v) is 6.32. The van der Waals surface area contributed by atoms with Crippen LogP contribution in [0.3, 0.4) is 0 Å². The Kier molecular flexibility index (Phi) is 4.04. The normalized spacial score (nSPS) is 14.9. The summed E-state index contributed by atoms with van der Waals surface area (Å²) in [5, 5.41) is 8.75. The van der Waals surface area contributed by atoms with Crippen molar-refractivity contribution >= 4 is 11.9 Å². The third-order valence-electron chi connectivity index (χ3n) is 3.17. The van der Waals surface area contributed by atoms with E-state index >= 15 is 0 Å². The van der Waals surface area contributed by atoms with E-state index in [4.69, 9.17) is 9.84 Å². The second kappa shape index (κ2) is 5.73.